The lowest BCUT2D eigenvalue weighted by Gasteiger charge is -2.08. The molecule has 0 spiro atoms. The van der Waals surface area contributed by atoms with Crippen LogP contribution in [0.5, 0.6) is 0 Å². The van der Waals surface area contributed by atoms with E-state index in [0.717, 1.165) is 12.1 Å². The van der Waals surface area contributed by atoms with Gasteiger partial charge in [0.2, 0.25) is 0 Å². The summed E-state index contributed by atoms with van der Waals surface area (Å²) in [6, 6.07) is 5.04. The molecule has 0 fully saturated rings. The molecular formula is C11H11FO3S. The molecule has 0 heterocycles. The second-order valence-corrected chi connectivity index (χ2v) is 4.56. The van der Waals surface area contributed by atoms with Crippen LogP contribution in [0.2, 0.25) is 0 Å². The van der Waals surface area contributed by atoms with E-state index in [-0.39, 0.29) is 0 Å². The molecule has 0 aliphatic carbocycles. The Balaban J connectivity index is 3.03. The highest BCUT2D eigenvalue weighted by Crippen LogP contribution is 2.17. The third-order valence-corrected chi connectivity index (χ3v) is 3.14. The molecule has 1 aromatic rings. The van der Waals surface area contributed by atoms with Crippen molar-refractivity contribution in [3.8, 4) is 11.8 Å². The van der Waals surface area contributed by atoms with Gasteiger partial charge >= 0.3 is 10.1 Å². The standard InChI is InChI=1S/C11H11FO3S/c1-3-6-9(2)15-16(13,14)11-8-5-4-7-10(11)12/h4-5,7-9H,1-2H3. The van der Waals surface area contributed by atoms with E-state index in [2.05, 4.69) is 11.8 Å². The fraction of sp³-hybridized carbons (Fsp3) is 0.273. The monoisotopic (exact) mass is 242 g/mol. The van der Waals surface area contributed by atoms with Gasteiger partial charge < -0.3 is 0 Å². The molecule has 1 aromatic carbocycles. The van der Waals surface area contributed by atoms with Crippen LogP contribution in [0.3, 0.4) is 0 Å². The largest absolute Gasteiger partial charge is 0.301 e. The Kier molecular flexibility index (Phi) is 4.05. The summed E-state index contributed by atoms with van der Waals surface area (Å²) in [5.74, 6) is 4.21. The van der Waals surface area contributed by atoms with Crippen molar-refractivity contribution < 1.29 is 17.0 Å². The van der Waals surface area contributed by atoms with Crippen LogP contribution in [0, 0.1) is 17.7 Å². The van der Waals surface area contributed by atoms with Gasteiger partial charge in [0.15, 0.2) is 0 Å². The van der Waals surface area contributed by atoms with Gasteiger partial charge in [0.1, 0.15) is 16.8 Å². The van der Waals surface area contributed by atoms with E-state index in [9.17, 15) is 12.8 Å². The average Bonchev–Trinajstić information content (AvgIpc) is 2.17. The molecule has 1 unspecified atom stereocenters. The third-order valence-electron chi connectivity index (χ3n) is 1.72. The summed E-state index contributed by atoms with van der Waals surface area (Å²) in [4.78, 5) is -0.472. The van der Waals surface area contributed by atoms with Gasteiger partial charge in [-0.3, -0.25) is 4.18 Å². The number of rotatable bonds is 3. The number of hydrogen-bond acceptors (Lipinski definition) is 3. The lowest BCUT2D eigenvalue weighted by molar-refractivity contribution is 0.281. The molecule has 3 nitrogen and oxygen atoms in total. The molecule has 0 aliphatic heterocycles. The maximum Gasteiger partial charge on any atom is 0.301 e. The SMILES string of the molecule is CC#CC(C)OS(=O)(=O)c1ccccc1F. The summed E-state index contributed by atoms with van der Waals surface area (Å²) in [6.07, 6.45) is -0.797. The smallest absolute Gasteiger partial charge is 0.250 e. The van der Waals surface area contributed by atoms with Gasteiger partial charge in [-0.25, -0.2) is 4.39 Å². The molecule has 0 radical (unpaired) electrons. The summed E-state index contributed by atoms with van der Waals surface area (Å²) in [5.41, 5.74) is 0. The minimum absolute atomic E-state index is 0.472. The van der Waals surface area contributed by atoms with E-state index in [1.807, 2.05) is 0 Å². The zero-order valence-corrected chi connectivity index (χ0v) is 9.71. The zero-order chi connectivity index (χ0) is 12.2. The topological polar surface area (TPSA) is 43.4 Å². The minimum atomic E-state index is -4.09. The predicted molar refractivity (Wildman–Crippen MR) is 57.6 cm³/mol. The van der Waals surface area contributed by atoms with Crippen LogP contribution in [0.1, 0.15) is 13.8 Å². The van der Waals surface area contributed by atoms with Crippen LogP contribution >= 0.6 is 0 Å². The van der Waals surface area contributed by atoms with E-state index in [1.54, 1.807) is 6.92 Å². The van der Waals surface area contributed by atoms with Gasteiger partial charge in [0.25, 0.3) is 0 Å². The highest BCUT2D eigenvalue weighted by Gasteiger charge is 2.21. The van der Waals surface area contributed by atoms with Gasteiger partial charge in [-0.05, 0) is 26.0 Å². The van der Waals surface area contributed by atoms with E-state index in [0.29, 0.717) is 0 Å². The Morgan fingerprint density at radius 1 is 1.38 bits per heavy atom. The van der Waals surface area contributed by atoms with Crippen LogP contribution in [0.4, 0.5) is 4.39 Å². The van der Waals surface area contributed by atoms with Gasteiger partial charge in [0.05, 0.1) is 0 Å². The van der Waals surface area contributed by atoms with Crippen molar-refractivity contribution in [2.24, 2.45) is 0 Å². The molecule has 86 valence electrons. The van der Waals surface area contributed by atoms with Crippen LogP contribution in [0.25, 0.3) is 0 Å². The maximum absolute atomic E-state index is 13.2. The molecule has 0 aliphatic rings. The van der Waals surface area contributed by atoms with Crippen LogP contribution in [-0.4, -0.2) is 14.5 Å². The molecular weight excluding hydrogens is 231 g/mol. The Labute approximate surface area is 94.4 Å². The summed E-state index contributed by atoms with van der Waals surface area (Å²) < 4.78 is 41.1. The first-order valence-corrected chi connectivity index (χ1v) is 5.98. The number of benzene rings is 1. The molecule has 0 amide bonds. The Morgan fingerprint density at radius 2 is 2.00 bits per heavy atom. The van der Waals surface area contributed by atoms with Crippen LogP contribution in [-0.2, 0) is 14.3 Å². The van der Waals surface area contributed by atoms with E-state index >= 15 is 0 Å². The fourth-order valence-corrected chi connectivity index (χ4v) is 2.20. The summed E-state index contributed by atoms with van der Waals surface area (Å²) in [6.45, 7) is 3.05. The van der Waals surface area contributed by atoms with Crippen molar-refractivity contribution in [3.63, 3.8) is 0 Å². The maximum atomic E-state index is 13.2. The molecule has 0 bridgehead atoms. The third kappa shape index (κ3) is 3.05. The second kappa shape index (κ2) is 5.10. The minimum Gasteiger partial charge on any atom is -0.250 e. The first-order chi connectivity index (χ1) is 7.47. The lowest BCUT2D eigenvalue weighted by atomic mass is 10.4. The number of hydrogen-bond donors (Lipinski definition) is 0. The Morgan fingerprint density at radius 3 is 2.56 bits per heavy atom. The van der Waals surface area contributed by atoms with E-state index in [1.165, 1.54) is 19.1 Å². The second-order valence-electron chi connectivity index (χ2n) is 3.02. The summed E-state index contributed by atoms with van der Waals surface area (Å²) in [5, 5.41) is 0. The highest BCUT2D eigenvalue weighted by atomic mass is 32.2. The normalized spacial score (nSPS) is 12.7. The molecule has 0 saturated heterocycles. The molecule has 0 aromatic heterocycles. The first kappa shape index (κ1) is 12.7. The molecule has 16 heavy (non-hydrogen) atoms. The van der Waals surface area contributed by atoms with Gasteiger partial charge in [-0.15, -0.1) is 5.92 Å². The molecule has 5 heteroatoms. The lowest BCUT2D eigenvalue weighted by Crippen LogP contribution is -2.15. The van der Waals surface area contributed by atoms with Crippen LogP contribution < -0.4 is 0 Å². The average molecular weight is 242 g/mol. The molecule has 1 atom stereocenters. The summed E-state index contributed by atoms with van der Waals surface area (Å²) >= 11 is 0. The van der Waals surface area contributed by atoms with Gasteiger partial charge in [-0.1, -0.05) is 18.1 Å². The molecule has 0 saturated carbocycles. The first-order valence-electron chi connectivity index (χ1n) is 4.57. The van der Waals surface area contributed by atoms with E-state index < -0.39 is 26.9 Å². The van der Waals surface area contributed by atoms with Gasteiger partial charge in [0, 0.05) is 0 Å². The summed E-state index contributed by atoms with van der Waals surface area (Å²) in [7, 11) is -4.09. The van der Waals surface area contributed by atoms with Crippen molar-refractivity contribution >= 4 is 10.1 Å². The van der Waals surface area contributed by atoms with E-state index in [4.69, 9.17) is 4.18 Å². The zero-order valence-electron chi connectivity index (χ0n) is 8.90. The Bertz CT molecular complexity index is 526. The highest BCUT2D eigenvalue weighted by molar-refractivity contribution is 7.86. The molecule has 1 rings (SSSR count). The van der Waals surface area contributed by atoms with Crippen molar-refractivity contribution in [2.45, 2.75) is 24.8 Å². The van der Waals surface area contributed by atoms with Crippen LogP contribution in [0.15, 0.2) is 29.2 Å². The van der Waals surface area contributed by atoms with Gasteiger partial charge in [-0.2, -0.15) is 8.42 Å². The molecule has 0 N–H and O–H groups in total. The van der Waals surface area contributed by atoms with Crippen molar-refractivity contribution in [2.75, 3.05) is 0 Å². The van der Waals surface area contributed by atoms with Crippen molar-refractivity contribution in [3.05, 3.63) is 30.1 Å². The quantitative estimate of drug-likeness (QED) is 0.601. The van der Waals surface area contributed by atoms with Crippen molar-refractivity contribution in [1.82, 2.24) is 0 Å². The van der Waals surface area contributed by atoms with Crippen molar-refractivity contribution in [1.29, 1.82) is 0 Å². The fourth-order valence-electron chi connectivity index (χ4n) is 1.12. The Hall–Kier alpha value is -1.38. The number of halogens is 1. The predicted octanol–water partition coefficient (Wildman–Crippen LogP) is 1.94.